The minimum Gasteiger partial charge on any atom is -0.495 e. The molecule has 4 nitrogen and oxygen atoms in total. The Kier molecular flexibility index (Phi) is 3.64. The van der Waals surface area contributed by atoms with Gasteiger partial charge in [0.05, 0.1) is 18.3 Å². The number of nitrogens with one attached hydrogen (secondary N) is 1. The number of anilines is 1. The highest BCUT2D eigenvalue weighted by Gasteiger charge is 2.40. The van der Waals surface area contributed by atoms with E-state index in [1.807, 2.05) is 19.1 Å². The molecule has 18 heavy (non-hydrogen) atoms. The molecule has 1 aromatic rings. The summed E-state index contributed by atoms with van der Waals surface area (Å²) in [6.07, 6.45) is 2.51. The number of halogens is 1. The third-order valence-electron chi connectivity index (χ3n) is 3.42. The maximum Gasteiger partial charge on any atom is 0.244 e. The molecule has 98 valence electrons. The fraction of sp³-hybridized carbons (Fsp3) is 0.462. The number of methoxy groups -OCH3 is 1. The molecule has 1 fully saturated rings. The summed E-state index contributed by atoms with van der Waals surface area (Å²) in [5, 5.41) is 2.89. The molecule has 1 aliphatic rings. The quantitative estimate of drug-likeness (QED) is 0.901. The third kappa shape index (κ3) is 2.37. The molecule has 0 saturated heterocycles. The van der Waals surface area contributed by atoms with Gasteiger partial charge in [0.1, 0.15) is 5.75 Å². The second-order valence-corrected chi connectivity index (χ2v) is 5.68. The van der Waals surface area contributed by atoms with Crippen molar-refractivity contribution < 1.29 is 9.53 Å². The van der Waals surface area contributed by atoms with Gasteiger partial charge in [0.2, 0.25) is 5.91 Å². The smallest absolute Gasteiger partial charge is 0.244 e. The fourth-order valence-electron chi connectivity index (χ4n) is 2.06. The van der Waals surface area contributed by atoms with Crippen LogP contribution in [0.3, 0.4) is 0 Å². The van der Waals surface area contributed by atoms with Crippen LogP contribution >= 0.6 is 15.9 Å². The Hall–Kier alpha value is -1.07. The van der Waals surface area contributed by atoms with E-state index in [0.717, 1.165) is 29.3 Å². The zero-order valence-corrected chi connectivity index (χ0v) is 12.1. The number of aryl methyl sites for hydroxylation is 1. The van der Waals surface area contributed by atoms with Gasteiger partial charge in [-0.25, -0.2) is 0 Å². The first-order valence-corrected chi connectivity index (χ1v) is 6.70. The van der Waals surface area contributed by atoms with Gasteiger partial charge in [0, 0.05) is 4.47 Å². The molecule has 0 unspecified atom stereocenters. The predicted molar refractivity (Wildman–Crippen MR) is 74.8 cm³/mol. The van der Waals surface area contributed by atoms with Crippen molar-refractivity contribution in [1.82, 2.24) is 0 Å². The molecule has 0 atom stereocenters. The van der Waals surface area contributed by atoms with E-state index in [0.29, 0.717) is 11.4 Å². The number of hydrogen-bond acceptors (Lipinski definition) is 3. The highest BCUT2D eigenvalue weighted by Crippen LogP contribution is 2.35. The van der Waals surface area contributed by atoms with Crippen LogP contribution in [0.25, 0.3) is 0 Å². The lowest BCUT2D eigenvalue weighted by Gasteiger charge is -2.36. The average molecular weight is 313 g/mol. The number of hydrogen-bond donors (Lipinski definition) is 2. The minimum atomic E-state index is -0.704. The van der Waals surface area contributed by atoms with E-state index in [-0.39, 0.29) is 5.91 Å². The minimum absolute atomic E-state index is 0.127. The maximum absolute atomic E-state index is 12.1. The van der Waals surface area contributed by atoms with Crippen LogP contribution in [0.4, 0.5) is 5.69 Å². The molecule has 0 heterocycles. The molecule has 0 aliphatic heterocycles. The van der Waals surface area contributed by atoms with Crippen molar-refractivity contribution in [3.8, 4) is 5.75 Å². The molecule has 1 aromatic carbocycles. The van der Waals surface area contributed by atoms with Crippen LogP contribution in [0.5, 0.6) is 5.75 Å². The summed E-state index contributed by atoms with van der Waals surface area (Å²) in [7, 11) is 1.58. The van der Waals surface area contributed by atoms with E-state index >= 15 is 0 Å². The Bertz CT molecular complexity index is 484. The van der Waals surface area contributed by atoms with E-state index in [9.17, 15) is 4.79 Å². The second-order valence-electron chi connectivity index (χ2n) is 4.76. The highest BCUT2D eigenvalue weighted by atomic mass is 79.9. The topological polar surface area (TPSA) is 64.3 Å². The Labute approximate surface area is 115 Å². The lowest BCUT2D eigenvalue weighted by Crippen LogP contribution is -2.56. The van der Waals surface area contributed by atoms with E-state index in [4.69, 9.17) is 10.5 Å². The third-order valence-corrected chi connectivity index (χ3v) is 3.88. The number of amides is 1. The summed E-state index contributed by atoms with van der Waals surface area (Å²) in [6.45, 7) is 1.92. The van der Waals surface area contributed by atoms with Crippen LogP contribution in [-0.4, -0.2) is 18.6 Å². The molecule has 1 aliphatic carbocycles. The van der Waals surface area contributed by atoms with E-state index < -0.39 is 5.54 Å². The number of ether oxygens (including phenoxy) is 1. The van der Waals surface area contributed by atoms with Crippen molar-refractivity contribution in [3.63, 3.8) is 0 Å². The molecule has 5 heteroatoms. The predicted octanol–water partition coefficient (Wildman–Crippen LogP) is 2.59. The average Bonchev–Trinajstić information content (AvgIpc) is 2.28. The monoisotopic (exact) mass is 312 g/mol. The van der Waals surface area contributed by atoms with Crippen LogP contribution in [0, 0.1) is 6.92 Å². The van der Waals surface area contributed by atoms with Gasteiger partial charge in [0.25, 0.3) is 0 Å². The summed E-state index contributed by atoms with van der Waals surface area (Å²) in [6, 6.07) is 3.76. The van der Waals surface area contributed by atoms with Crippen LogP contribution in [0.1, 0.15) is 24.8 Å². The van der Waals surface area contributed by atoms with Crippen LogP contribution < -0.4 is 15.8 Å². The SMILES string of the molecule is COc1cc(Br)cc(C)c1NC(=O)C1(N)CCC1. The number of carbonyl (C=O) groups is 1. The molecule has 0 radical (unpaired) electrons. The van der Waals surface area contributed by atoms with Crippen molar-refractivity contribution in [2.75, 3.05) is 12.4 Å². The zero-order valence-electron chi connectivity index (χ0n) is 10.5. The summed E-state index contributed by atoms with van der Waals surface area (Å²) >= 11 is 3.40. The molecule has 1 amide bonds. The van der Waals surface area contributed by atoms with Gasteiger partial charge in [-0.05, 0) is 43.9 Å². The van der Waals surface area contributed by atoms with Gasteiger partial charge in [-0.15, -0.1) is 0 Å². The molecule has 3 N–H and O–H groups in total. The van der Waals surface area contributed by atoms with Gasteiger partial charge in [-0.2, -0.15) is 0 Å². The molecule has 0 aromatic heterocycles. The first-order chi connectivity index (χ1) is 8.46. The maximum atomic E-state index is 12.1. The molecular formula is C13H17BrN2O2. The van der Waals surface area contributed by atoms with Gasteiger partial charge in [-0.3, -0.25) is 4.79 Å². The Morgan fingerprint density at radius 2 is 2.17 bits per heavy atom. The molecule has 0 bridgehead atoms. The van der Waals surface area contributed by atoms with Crippen LogP contribution in [0.15, 0.2) is 16.6 Å². The summed E-state index contributed by atoms with van der Waals surface area (Å²) < 4.78 is 6.20. The zero-order chi connectivity index (χ0) is 13.3. The van der Waals surface area contributed by atoms with E-state index in [1.165, 1.54) is 0 Å². The van der Waals surface area contributed by atoms with Crippen molar-refractivity contribution in [1.29, 1.82) is 0 Å². The van der Waals surface area contributed by atoms with Crippen molar-refractivity contribution in [2.45, 2.75) is 31.7 Å². The lowest BCUT2D eigenvalue weighted by molar-refractivity contribution is -0.123. The largest absolute Gasteiger partial charge is 0.495 e. The number of rotatable bonds is 3. The van der Waals surface area contributed by atoms with Crippen molar-refractivity contribution in [3.05, 3.63) is 22.2 Å². The number of nitrogens with two attached hydrogens (primary N) is 1. The summed E-state index contributed by atoms with van der Waals surface area (Å²) in [5.41, 5.74) is 6.94. The first-order valence-electron chi connectivity index (χ1n) is 5.91. The van der Waals surface area contributed by atoms with Crippen molar-refractivity contribution >= 4 is 27.5 Å². The summed E-state index contributed by atoms with van der Waals surface area (Å²) in [4.78, 5) is 12.1. The number of carbonyl (C=O) groups excluding carboxylic acids is 1. The van der Waals surface area contributed by atoms with E-state index in [1.54, 1.807) is 7.11 Å². The molecule has 2 rings (SSSR count). The first kappa shape index (κ1) is 13.4. The van der Waals surface area contributed by atoms with Gasteiger partial charge in [-0.1, -0.05) is 15.9 Å². The van der Waals surface area contributed by atoms with Gasteiger partial charge >= 0.3 is 0 Å². The van der Waals surface area contributed by atoms with Gasteiger partial charge in [0.15, 0.2) is 0 Å². The Balaban J connectivity index is 2.25. The summed E-state index contributed by atoms with van der Waals surface area (Å²) in [5.74, 6) is 0.510. The Morgan fingerprint density at radius 3 is 2.67 bits per heavy atom. The second kappa shape index (κ2) is 4.90. The van der Waals surface area contributed by atoms with Crippen LogP contribution in [0.2, 0.25) is 0 Å². The normalized spacial score (nSPS) is 16.9. The number of benzene rings is 1. The fourth-order valence-corrected chi connectivity index (χ4v) is 2.61. The van der Waals surface area contributed by atoms with Crippen LogP contribution in [-0.2, 0) is 4.79 Å². The van der Waals surface area contributed by atoms with Crippen molar-refractivity contribution in [2.24, 2.45) is 5.73 Å². The molecule has 1 saturated carbocycles. The lowest BCUT2D eigenvalue weighted by atomic mass is 9.77. The highest BCUT2D eigenvalue weighted by molar-refractivity contribution is 9.10. The Morgan fingerprint density at radius 1 is 1.50 bits per heavy atom. The van der Waals surface area contributed by atoms with Gasteiger partial charge < -0.3 is 15.8 Å². The standard InChI is InChI=1S/C13H17BrN2O2/c1-8-6-9(14)7-10(18-2)11(8)16-12(17)13(15)4-3-5-13/h6-7H,3-5,15H2,1-2H3,(H,16,17). The molecule has 0 spiro atoms. The molecular weight excluding hydrogens is 296 g/mol. The van der Waals surface area contributed by atoms with E-state index in [2.05, 4.69) is 21.2 Å².